The fourth-order valence-corrected chi connectivity index (χ4v) is 3.20. The topological polar surface area (TPSA) is 21.3 Å². The van der Waals surface area contributed by atoms with Crippen molar-refractivity contribution in [2.24, 2.45) is 5.92 Å². The number of hydrogen-bond acceptors (Lipinski definition) is 2. The van der Waals surface area contributed by atoms with Crippen molar-refractivity contribution < 1.29 is 4.74 Å². The summed E-state index contributed by atoms with van der Waals surface area (Å²) in [4.78, 5) is 0. The first kappa shape index (κ1) is 16.1. The van der Waals surface area contributed by atoms with Crippen LogP contribution in [0.1, 0.15) is 51.5 Å². The molecule has 0 aromatic heterocycles. The van der Waals surface area contributed by atoms with E-state index in [2.05, 4.69) is 62.5 Å². The summed E-state index contributed by atoms with van der Waals surface area (Å²) in [6, 6.07) is 11.2. The molecule has 0 saturated heterocycles. The van der Waals surface area contributed by atoms with E-state index in [0.717, 1.165) is 31.8 Å². The lowest BCUT2D eigenvalue weighted by molar-refractivity contribution is 0.152. The van der Waals surface area contributed by atoms with Crippen molar-refractivity contribution in [3.8, 4) is 0 Å². The number of allylic oxidation sites excluding steroid dienone is 1. The molecule has 2 rings (SSSR count). The van der Waals surface area contributed by atoms with E-state index in [1.165, 1.54) is 12.0 Å². The molecule has 2 heteroatoms. The normalized spacial score (nSPS) is 19.3. The van der Waals surface area contributed by atoms with Gasteiger partial charge in [-0.15, -0.1) is 0 Å². The van der Waals surface area contributed by atoms with Gasteiger partial charge < -0.3 is 10.1 Å². The summed E-state index contributed by atoms with van der Waals surface area (Å²) in [5.74, 6) is 2.22. The van der Waals surface area contributed by atoms with E-state index in [4.69, 9.17) is 4.74 Å². The zero-order valence-electron chi connectivity index (χ0n) is 13.6. The third kappa shape index (κ3) is 4.10. The van der Waals surface area contributed by atoms with E-state index in [1.807, 2.05) is 0 Å². The SMILES string of the molecule is CCNC(C1=CCCCO1)C(c1ccccc1)C(C)CC. The molecule has 1 aliphatic heterocycles. The van der Waals surface area contributed by atoms with Crippen molar-refractivity contribution in [3.63, 3.8) is 0 Å². The smallest absolute Gasteiger partial charge is 0.110 e. The van der Waals surface area contributed by atoms with Gasteiger partial charge in [-0.05, 0) is 36.9 Å². The number of hydrogen-bond donors (Lipinski definition) is 1. The quantitative estimate of drug-likeness (QED) is 0.798. The Morgan fingerprint density at radius 1 is 1.19 bits per heavy atom. The largest absolute Gasteiger partial charge is 0.497 e. The molecule has 0 aliphatic carbocycles. The van der Waals surface area contributed by atoms with E-state index >= 15 is 0 Å². The van der Waals surface area contributed by atoms with Gasteiger partial charge in [-0.3, -0.25) is 0 Å². The lowest BCUT2D eigenvalue weighted by Gasteiger charge is -2.35. The van der Waals surface area contributed by atoms with E-state index in [1.54, 1.807) is 0 Å². The number of nitrogens with one attached hydrogen (secondary N) is 1. The van der Waals surface area contributed by atoms with Crippen molar-refractivity contribution in [2.45, 2.75) is 52.0 Å². The van der Waals surface area contributed by atoms with Gasteiger partial charge in [0.05, 0.1) is 12.6 Å². The molecule has 2 nitrogen and oxygen atoms in total. The molecule has 1 aliphatic rings. The maximum atomic E-state index is 5.99. The van der Waals surface area contributed by atoms with Gasteiger partial charge in [0, 0.05) is 5.92 Å². The molecule has 21 heavy (non-hydrogen) atoms. The number of benzene rings is 1. The first-order chi connectivity index (χ1) is 10.3. The van der Waals surface area contributed by atoms with Crippen LogP contribution in [0.25, 0.3) is 0 Å². The van der Waals surface area contributed by atoms with Gasteiger partial charge in [-0.2, -0.15) is 0 Å². The van der Waals surface area contributed by atoms with Crippen LogP contribution in [-0.4, -0.2) is 19.2 Å². The van der Waals surface area contributed by atoms with Gasteiger partial charge in [0.25, 0.3) is 0 Å². The van der Waals surface area contributed by atoms with Crippen LogP contribution < -0.4 is 5.32 Å². The van der Waals surface area contributed by atoms with Crippen LogP contribution in [0.5, 0.6) is 0 Å². The third-order valence-corrected chi connectivity index (χ3v) is 4.49. The second-order valence-electron chi connectivity index (χ2n) is 5.95. The van der Waals surface area contributed by atoms with Crippen molar-refractivity contribution in [3.05, 3.63) is 47.7 Å². The Morgan fingerprint density at radius 3 is 2.52 bits per heavy atom. The number of likely N-dealkylation sites (N-methyl/N-ethyl adjacent to an activating group) is 1. The summed E-state index contributed by atoms with van der Waals surface area (Å²) in [5.41, 5.74) is 1.41. The average molecular weight is 287 g/mol. The molecule has 1 N–H and O–H groups in total. The molecule has 0 fully saturated rings. The highest BCUT2D eigenvalue weighted by atomic mass is 16.5. The lowest BCUT2D eigenvalue weighted by atomic mass is 9.79. The van der Waals surface area contributed by atoms with Gasteiger partial charge in [-0.25, -0.2) is 0 Å². The Hall–Kier alpha value is -1.28. The van der Waals surface area contributed by atoms with Crippen LogP contribution >= 0.6 is 0 Å². The third-order valence-electron chi connectivity index (χ3n) is 4.49. The van der Waals surface area contributed by atoms with E-state index in [9.17, 15) is 0 Å². The Bertz CT molecular complexity index is 440. The summed E-state index contributed by atoms with van der Waals surface area (Å²) >= 11 is 0. The first-order valence-electron chi connectivity index (χ1n) is 8.39. The molecule has 0 spiro atoms. The summed E-state index contributed by atoms with van der Waals surface area (Å²) in [6.45, 7) is 8.63. The fourth-order valence-electron chi connectivity index (χ4n) is 3.20. The van der Waals surface area contributed by atoms with Crippen LogP contribution in [0.15, 0.2) is 42.2 Å². The van der Waals surface area contributed by atoms with Crippen LogP contribution in [-0.2, 0) is 4.74 Å². The van der Waals surface area contributed by atoms with Crippen LogP contribution in [0, 0.1) is 5.92 Å². The van der Waals surface area contributed by atoms with Gasteiger partial charge in [0.15, 0.2) is 0 Å². The minimum atomic E-state index is 0.285. The molecule has 1 aromatic rings. The zero-order valence-corrected chi connectivity index (χ0v) is 13.6. The van der Waals surface area contributed by atoms with E-state index < -0.39 is 0 Å². The Morgan fingerprint density at radius 2 is 1.95 bits per heavy atom. The molecule has 0 radical (unpaired) electrons. The predicted octanol–water partition coefficient (Wildman–Crippen LogP) is 4.49. The standard InChI is InChI=1S/C19H29NO/c1-4-15(3)18(16-11-7-6-8-12-16)19(20-5-2)17-13-9-10-14-21-17/h6-8,11-13,15,18-20H,4-5,9-10,14H2,1-3H3. The number of ether oxygens (including phenoxy) is 1. The van der Waals surface area contributed by atoms with Crippen molar-refractivity contribution in [2.75, 3.05) is 13.2 Å². The van der Waals surface area contributed by atoms with Gasteiger partial charge in [0.1, 0.15) is 5.76 Å². The molecule has 116 valence electrons. The number of rotatable bonds is 7. The summed E-state index contributed by atoms with van der Waals surface area (Å²) < 4.78 is 5.99. The van der Waals surface area contributed by atoms with Crippen molar-refractivity contribution >= 4 is 0 Å². The maximum Gasteiger partial charge on any atom is 0.110 e. The molecule has 0 bridgehead atoms. The van der Waals surface area contributed by atoms with Crippen LogP contribution in [0.4, 0.5) is 0 Å². The Labute approximate surface area is 129 Å². The van der Waals surface area contributed by atoms with E-state index in [-0.39, 0.29) is 6.04 Å². The molecule has 1 heterocycles. The molecule has 0 saturated carbocycles. The van der Waals surface area contributed by atoms with Gasteiger partial charge in [-0.1, -0.05) is 57.5 Å². The Balaban J connectivity index is 2.33. The monoisotopic (exact) mass is 287 g/mol. The second-order valence-corrected chi connectivity index (χ2v) is 5.95. The van der Waals surface area contributed by atoms with Crippen molar-refractivity contribution in [1.29, 1.82) is 0 Å². The van der Waals surface area contributed by atoms with Crippen molar-refractivity contribution in [1.82, 2.24) is 5.32 Å². The average Bonchev–Trinajstić information content (AvgIpc) is 2.56. The van der Waals surface area contributed by atoms with Crippen LogP contribution in [0.3, 0.4) is 0 Å². The highest BCUT2D eigenvalue weighted by Gasteiger charge is 2.31. The highest BCUT2D eigenvalue weighted by molar-refractivity contribution is 5.26. The van der Waals surface area contributed by atoms with Gasteiger partial charge in [0.2, 0.25) is 0 Å². The zero-order chi connectivity index (χ0) is 15.1. The molecule has 3 unspecified atom stereocenters. The summed E-state index contributed by atoms with van der Waals surface area (Å²) in [5, 5.41) is 3.67. The highest BCUT2D eigenvalue weighted by Crippen LogP contribution is 2.34. The summed E-state index contributed by atoms with van der Waals surface area (Å²) in [6.07, 6.45) is 5.74. The fraction of sp³-hybridized carbons (Fsp3) is 0.579. The molecule has 1 aromatic carbocycles. The molecule has 3 atom stereocenters. The molecular formula is C19H29NO. The first-order valence-corrected chi connectivity index (χ1v) is 8.39. The van der Waals surface area contributed by atoms with Crippen LogP contribution in [0.2, 0.25) is 0 Å². The Kier molecular flexibility index (Phi) is 6.31. The minimum Gasteiger partial charge on any atom is -0.497 e. The molecular weight excluding hydrogens is 258 g/mol. The molecule has 0 amide bonds. The van der Waals surface area contributed by atoms with E-state index in [0.29, 0.717) is 11.8 Å². The second kappa shape index (κ2) is 8.23. The minimum absolute atomic E-state index is 0.285. The summed E-state index contributed by atoms with van der Waals surface area (Å²) in [7, 11) is 0. The van der Waals surface area contributed by atoms with Gasteiger partial charge >= 0.3 is 0 Å². The predicted molar refractivity (Wildman–Crippen MR) is 89.4 cm³/mol. The lowest BCUT2D eigenvalue weighted by Crippen LogP contribution is -2.40. The maximum absolute atomic E-state index is 5.99.